The van der Waals surface area contributed by atoms with Crippen LogP contribution in [0.5, 0.6) is 0 Å². The van der Waals surface area contributed by atoms with Gasteiger partial charge in [-0.3, -0.25) is 19.2 Å². The molecular formula is C96H166N4O28. The lowest BCUT2D eigenvalue weighted by Crippen LogP contribution is -2.65. The van der Waals surface area contributed by atoms with Crippen molar-refractivity contribution in [2.75, 3.05) is 109 Å². The summed E-state index contributed by atoms with van der Waals surface area (Å²) in [4.78, 5) is 64.6. The Morgan fingerprint density at radius 3 is 1.20 bits per heavy atom. The molecule has 0 aliphatic carbocycles. The van der Waals surface area contributed by atoms with Crippen molar-refractivity contribution in [3.63, 3.8) is 0 Å². The third-order valence-corrected chi connectivity index (χ3v) is 28.7. The molecular weight excluding hydrogens is 1660 g/mol. The highest BCUT2D eigenvalue weighted by molar-refractivity contribution is 5.92. The highest BCUT2D eigenvalue weighted by Crippen LogP contribution is 2.42. The topological polar surface area (TPSA) is 391 Å². The molecule has 0 aromatic carbocycles. The lowest BCUT2D eigenvalue weighted by Gasteiger charge is -2.50. The third kappa shape index (κ3) is 29.9. The summed E-state index contributed by atoms with van der Waals surface area (Å²) in [5.74, 6) is -4.94. The van der Waals surface area contributed by atoms with Gasteiger partial charge in [0.25, 0.3) is 0 Å². The summed E-state index contributed by atoms with van der Waals surface area (Å²) in [6.07, 6.45) is -1.95. The van der Waals surface area contributed by atoms with Gasteiger partial charge in [0, 0.05) is 82.3 Å². The minimum atomic E-state index is -1.47. The molecule has 0 spiro atoms. The highest BCUT2D eigenvalue weighted by atomic mass is 16.7. The van der Waals surface area contributed by atoms with Crippen molar-refractivity contribution >= 4 is 23.5 Å². The zero-order valence-corrected chi connectivity index (χ0v) is 81.1. The summed E-state index contributed by atoms with van der Waals surface area (Å²) in [5, 5.41) is 90.9. The first-order chi connectivity index (χ1) is 60.6. The Morgan fingerprint density at radius 2 is 0.828 bits per heavy atom. The average molecular weight is 1820 g/mol. The van der Waals surface area contributed by atoms with Crippen molar-refractivity contribution in [1.29, 1.82) is 0 Å². The van der Waals surface area contributed by atoms with Gasteiger partial charge in [-0.15, -0.1) is 0 Å². The van der Waals surface area contributed by atoms with E-state index < -0.39 is 207 Å². The van der Waals surface area contributed by atoms with E-state index in [4.69, 9.17) is 75.8 Å². The summed E-state index contributed by atoms with van der Waals surface area (Å²) < 4.78 is 98.7. The van der Waals surface area contributed by atoms with Gasteiger partial charge in [-0.25, -0.2) is 0 Å². The number of likely N-dealkylation sites (N-methyl/N-ethyl adjacent to an activating group) is 2. The van der Waals surface area contributed by atoms with Crippen LogP contribution in [0.3, 0.4) is 0 Å². The summed E-state index contributed by atoms with van der Waals surface area (Å²) in [6.45, 7) is 33.2. The molecule has 9 aliphatic rings. The fraction of sp³-hybridized carbons (Fsp3) is 0.875. The summed E-state index contributed by atoms with van der Waals surface area (Å²) in [6, 6.07) is -0.919. The van der Waals surface area contributed by atoms with Crippen LogP contribution in [0.25, 0.3) is 0 Å². The van der Waals surface area contributed by atoms with Gasteiger partial charge in [0.1, 0.15) is 73.2 Å². The molecule has 7 saturated heterocycles. The van der Waals surface area contributed by atoms with E-state index in [2.05, 4.69) is 16.7 Å². The van der Waals surface area contributed by atoms with Gasteiger partial charge in [0.15, 0.2) is 43.0 Å². The molecule has 0 bridgehead atoms. The maximum atomic E-state index is 14.1. The molecule has 9 heterocycles. The van der Waals surface area contributed by atoms with Crippen molar-refractivity contribution < 1.29 is 136 Å². The monoisotopic (exact) mass is 1820 g/mol. The molecule has 32 nitrogen and oxygen atoms in total. The number of ketones is 2. The van der Waals surface area contributed by atoms with Crippen molar-refractivity contribution in [2.45, 2.75) is 377 Å². The van der Waals surface area contributed by atoms with Crippen molar-refractivity contribution in [3.05, 3.63) is 47.6 Å². The van der Waals surface area contributed by atoms with E-state index in [0.29, 0.717) is 38.5 Å². The molecule has 38 atom stereocenters. The normalized spacial score (nSPS) is 44.1. The molecule has 0 aromatic rings. The van der Waals surface area contributed by atoms with Crippen LogP contribution < -0.4 is 0 Å². The second kappa shape index (κ2) is 51.9. The number of hydrogen-bond donors (Lipinski definition) is 8. The number of aliphatic hydroxyl groups excluding tert-OH is 7. The average Bonchev–Trinajstić information content (AvgIpc) is 0.770. The largest absolute Gasteiger partial charge is 0.462 e. The molecule has 0 aromatic heterocycles. The Kier molecular flexibility index (Phi) is 44.4. The zero-order chi connectivity index (χ0) is 94.5. The van der Waals surface area contributed by atoms with Gasteiger partial charge in [-0.05, 0) is 211 Å². The predicted octanol–water partition coefficient (Wildman–Crippen LogP) is 7.25. The number of aliphatic hydroxyl groups is 8. The van der Waals surface area contributed by atoms with Crippen LogP contribution in [0.15, 0.2) is 47.6 Å². The van der Waals surface area contributed by atoms with E-state index in [1.165, 1.54) is 48.2 Å². The van der Waals surface area contributed by atoms with Crippen LogP contribution >= 0.6 is 0 Å². The quantitative estimate of drug-likeness (QED) is 0.0395. The van der Waals surface area contributed by atoms with Gasteiger partial charge >= 0.3 is 11.9 Å². The van der Waals surface area contributed by atoms with Crippen LogP contribution in [0, 0.1) is 53.3 Å². The van der Waals surface area contributed by atoms with Crippen molar-refractivity contribution in [1.82, 2.24) is 19.6 Å². The smallest absolute Gasteiger partial charge is 0.308 e. The number of ether oxygens (including phenoxy) is 16. The highest BCUT2D eigenvalue weighted by Gasteiger charge is 2.54. The number of piperidine rings is 2. The first kappa shape index (κ1) is 110. The molecule has 38 unspecified atom stereocenters. The van der Waals surface area contributed by atoms with Crippen LogP contribution in [-0.4, -0.2) is 370 Å². The number of cyclic esters (lactones) is 2. The van der Waals surface area contributed by atoms with Gasteiger partial charge in [-0.1, -0.05) is 96.8 Å². The Balaban J connectivity index is 0.000000320. The Bertz CT molecular complexity index is 3450. The Labute approximate surface area is 762 Å². The first-order valence-corrected chi connectivity index (χ1v) is 47.6. The minimum Gasteiger partial charge on any atom is -0.462 e. The standard InChI is InChI=1S/C51H88N2O16.C45H78N2O12/c1-13-38-35(27-63-50-47(62-12)46(61-11)42(57)31(5)65-50)23-28(2)17-18-36(54)29(3)24-34(19-22-53-20-15-14-16-21-53)44(30(4)37(55)25-39(56)67-38)69-49-43(58)41(52(9)10)45(32(6)66-49)68-40-26-51(8,60)48(59)33(7)64-40;1-12-36-33(25-55-45-43(54-11)42(53-10)39(51)31(7)57-45)22-26(2)16-17-34(48)27(3)23-32(18-21-47-19-14-13-15-20-47)41(29(5)35(49)24-37(50)58-36)59-44-40(52)38(46(8)9)28(4)30(6)56-44/h17-18,23,29-35,37-38,40-50,55,57-60H,13-16,19-22,24-27H2,1-12H3;16-17,22,27-33,35-36,38-45,49,51-52H,12-15,18-21,23-25H2,1-11H3/b18-17+,28-23+;17-16+,26-22+. The first-order valence-electron chi connectivity index (χ1n) is 47.6. The Hall–Kier alpha value is -3.80. The molecule has 8 N–H and O–H groups in total. The summed E-state index contributed by atoms with van der Waals surface area (Å²) in [7, 11) is 13.5. The number of likely N-dealkylation sites (tertiary alicyclic amines) is 2. The number of rotatable bonds is 26. The lowest BCUT2D eigenvalue weighted by molar-refractivity contribution is -0.342. The molecule has 0 amide bonds. The van der Waals surface area contributed by atoms with E-state index in [9.17, 15) is 60.0 Å². The number of esters is 2. The number of carbonyl (C=O) groups is 4. The Morgan fingerprint density at radius 1 is 0.445 bits per heavy atom. The van der Waals surface area contributed by atoms with Gasteiger partial charge in [0.2, 0.25) is 0 Å². The second-order valence-corrected chi connectivity index (χ2v) is 39.0. The maximum Gasteiger partial charge on any atom is 0.308 e. The van der Waals surface area contributed by atoms with E-state index in [1.807, 2.05) is 119 Å². The molecule has 0 saturated carbocycles. The van der Waals surface area contributed by atoms with Crippen LogP contribution in [0.4, 0.5) is 0 Å². The van der Waals surface area contributed by atoms with Crippen molar-refractivity contribution in [2.24, 2.45) is 53.3 Å². The molecule has 738 valence electrons. The second-order valence-electron chi connectivity index (χ2n) is 39.0. The maximum absolute atomic E-state index is 14.1. The SMILES string of the molecule is CCC1OC(=O)CC(O)C(C)C(OC2OC(C)C(C)C(N(C)C)C2O)C(CCN2CCCCC2)CC(C)C(=O)/C=C/C(C)=C/C1COC1OC(C)C(O)C(OC)C1OC.CCC1OC(=O)CC(O)C(C)C(OC2OC(C)C(OC3CC(C)(O)C(O)C(C)O3)C(N(C)C)C2O)C(CCN2CCCCC2)CC(C)C(=O)/C=C/C(C)=C/C1COC1OC(C)C(O)C(OC)C1OC. The minimum absolute atomic E-state index is 0.00347. The molecule has 32 heteroatoms. The predicted molar refractivity (Wildman–Crippen MR) is 478 cm³/mol. The van der Waals surface area contributed by atoms with Gasteiger partial charge in [0.05, 0.1) is 92.6 Å². The molecule has 9 aliphatic heterocycles. The molecule has 0 radical (unpaired) electrons. The van der Waals surface area contributed by atoms with Crippen LogP contribution in [-0.2, 0) is 95.0 Å². The van der Waals surface area contributed by atoms with Crippen LogP contribution in [0.2, 0.25) is 0 Å². The third-order valence-electron chi connectivity index (χ3n) is 28.7. The fourth-order valence-corrected chi connectivity index (χ4v) is 20.5. The lowest BCUT2D eigenvalue weighted by atomic mass is 9.79. The fourth-order valence-electron chi connectivity index (χ4n) is 20.5. The zero-order valence-electron chi connectivity index (χ0n) is 81.1. The molecule has 9 rings (SSSR count). The number of hydrogen-bond acceptors (Lipinski definition) is 32. The summed E-state index contributed by atoms with van der Waals surface area (Å²) >= 11 is 0. The molecule has 128 heavy (non-hydrogen) atoms. The summed E-state index contributed by atoms with van der Waals surface area (Å²) in [5.41, 5.74) is 0.0628. The van der Waals surface area contributed by atoms with E-state index in [-0.39, 0.29) is 79.9 Å². The molecule has 7 fully saturated rings. The number of nitrogens with zero attached hydrogens (tertiary/aromatic N) is 4. The number of allylic oxidation sites excluding steroid dienone is 6. The van der Waals surface area contributed by atoms with E-state index >= 15 is 0 Å². The number of methoxy groups -OCH3 is 4. The van der Waals surface area contributed by atoms with Gasteiger partial charge < -0.3 is 136 Å². The van der Waals surface area contributed by atoms with Gasteiger partial charge in [-0.2, -0.15) is 0 Å². The van der Waals surface area contributed by atoms with Crippen LogP contribution in [0.1, 0.15) is 200 Å². The number of carbonyl (C=O) groups excluding carboxylic acids is 4. The van der Waals surface area contributed by atoms with Crippen molar-refractivity contribution in [3.8, 4) is 0 Å². The van der Waals surface area contributed by atoms with E-state index in [1.54, 1.807) is 45.1 Å². The van der Waals surface area contributed by atoms with E-state index in [0.717, 1.165) is 76.1 Å².